The van der Waals surface area contributed by atoms with Crippen molar-refractivity contribution in [1.82, 2.24) is 0 Å². The van der Waals surface area contributed by atoms with Crippen LogP contribution in [0.5, 0.6) is 0 Å². The van der Waals surface area contributed by atoms with E-state index in [2.05, 4.69) is 23.2 Å². The molecule has 0 aromatic heterocycles. The normalized spacial score (nSPS) is 27.8. The molecule has 0 nitrogen and oxygen atoms in total. The van der Waals surface area contributed by atoms with E-state index in [9.17, 15) is 0 Å². The minimum atomic E-state index is 0.982. The molecule has 0 atom stereocenters. The van der Waals surface area contributed by atoms with Crippen LogP contribution in [0.25, 0.3) is 0 Å². The van der Waals surface area contributed by atoms with Crippen molar-refractivity contribution in [3.8, 4) is 0 Å². The van der Waals surface area contributed by atoms with Gasteiger partial charge in [0.2, 0.25) is 0 Å². The molecule has 1 heterocycles. The van der Waals surface area contributed by atoms with Gasteiger partial charge in [-0.1, -0.05) is 32.1 Å². The third-order valence-corrected chi connectivity index (χ3v) is 6.06. The van der Waals surface area contributed by atoms with Crippen molar-refractivity contribution in [2.24, 2.45) is 0 Å². The van der Waals surface area contributed by atoms with E-state index in [-0.39, 0.29) is 0 Å². The molecule has 0 aromatic carbocycles. The second-order valence-corrected chi connectivity index (χ2v) is 6.31. The van der Waals surface area contributed by atoms with Crippen LogP contribution in [0.2, 0.25) is 5.82 Å². The van der Waals surface area contributed by atoms with E-state index in [0.717, 1.165) is 11.1 Å². The molecule has 0 unspecified atom stereocenters. The second kappa shape index (κ2) is 4.13. The lowest BCUT2D eigenvalue weighted by atomic mass is 9.73. The van der Waals surface area contributed by atoms with Gasteiger partial charge in [-0.2, -0.15) is 23.2 Å². The summed E-state index contributed by atoms with van der Waals surface area (Å²) in [6, 6.07) is 0. The fourth-order valence-corrected chi connectivity index (χ4v) is 5.34. The van der Waals surface area contributed by atoms with Crippen LogP contribution in [0.1, 0.15) is 32.1 Å². The number of hydrogen-bond acceptors (Lipinski definition) is 2. The van der Waals surface area contributed by atoms with Gasteiger partial charge in [-0.05, 0) is 17.3 Å². The van der Waals surface area contributed by atoms with Gasteiger partial charge >= 0.3 is 0 Å². The minimum Gasteiger partial charge on any atom is -0.194 e. The highest BCUT2D eigenvalue weighted by atomic mass is 32.2. The van der Waals surface area contributed by atoms with Gasteiger partial charge in [-0.3, -0.25) is 0 Å². The average molecular weight is 186 g/mol. The monoisotopic (exact) mass is 186 g/mol. The maximum absolute atomic E-state index is 2.21. The quantitative estimate of drug-likeness (QED) is 0.576. The Balaban J connectivity index is 1.82. The van der Waals surface area contributed by atoms with E-state index in [4.69, 9.17) is 0 Å². The van der Waals surface area contributed by atoms with Gasteiger partial charge in [0.05, 0.1) is 0 Å². The van der Waals surface area contributed by atoms with Gasteiger partial charge in [-0.25, -0.2) is 0 Å². The fourth-order valence-electron chi connectivity index (χ4n) is 2.06. The molecule has 2 fully saturated rings. The molecule has 1 aliphatic carbocycles. The highest BCUT2D eigenvalue weighted by molar-refractivity contribution is 8.56. The highest BCUT2D eigenvalue weighted by Crippen LogP contribution is 2.43. The Morgan fingerprint density at radius 1 is 0.909 bits per heavy atom. The van der Waals surface area contributed by atoms with Crippen molar-refractivity contribution in [2.75, 3.05) is 11.5 Å². The zero-order valence-corrected chi connectivity index (χ0v) is 8.55. The Morgan fingerprint density at radius 2 is 1.55 bits per heavy atom. The first-order valence-corrected chi connectivity index (χ1v) is 6.80. The molecular formula is C8H15BS2. The van der Waals surface area contributed by atoms with Crippen LogP contribution >= 0.6 is 23.2 Å². The van der Waals surface area contributed by atoms with E-state index in [1.54, 1.807) is 0 Å². The molecule has 0 aromatic rings. The zero-order valence-electron chi connectivity index (χ0n) is 6.92. The van der Waals surface area contributed by atoms with Crippen molar-refractivity contribution < 1.29 is 0 Å². The maximum Gasteiger partial charge on any atom is 0.276 e. The van der Waals surface area contributed by atoms with Crippen molar-refractivity contribution in [3.63, 3.8) is 0 Å². The maximum atomic E-state index is 2.21. The Labute approximate surface area is 78.1 Å². The van der Waals surface area contributed by atoms with E-state index >= 15 is 0 Å². The Morgan fingerprint density at radius 3 is 2.18 bits per heavy atom. The van der Waals surface area contributed by atoms with Gasteiger partial charge in [0.1, 0.15) is 0 Å². The largest absolute Gasteiger partial charge is 0.276 e. The topological polar surface area (TPSA) is 0 Å². The molecule has 1 saturated heterocycles. The molecule has 0 spiro atoms. The molecule has 0 N–H and O–H groups in total. The van der Waals surface area contributed by atoms with Crippen LogP contribution in [-0.4, -0.2) is 16.8 Å². The van der Waals surface area contributed by atoms with Crippen LogP contribution in [0, 0.1) is 0 Å². The van der Waals surface area contributed by atoms with Crippen molar-refractivity contribution in [2.45, 2.75) is 37.9 Å². The minimum absolute atomic E-state index is 0.982. The predicted molar refractivity (Wildman–Crippen MR) is 57.5 cm³/mol. The molecule has 11 heavy (non-hydrogen) atoms. The van der Waals surface area contributed by atoms with Crippen LogP contribution in [0.15, 0.2) is 0 Å². The highest BCUT2D eigenvalue weighted by Gasteiger charge is 2.31. The molecule has 2 rings (SSSR count). The summed E-state index contributed by atoms with van der Waals surface area (Å²) in [6.07, 6.45) is 7.54. The summed E-state index contributed by atoms with van der Waals surface area (Å²) < 4.78 is 0. The third kappa shape index (κ3) is 2.12. The zero-order chi connectivity index (χ0) is 7.52. The molecule has 0 bridgehead atoms. The van der Waals surface area contributed by atoms with Crippen LogP contribution in [0.3, 0.4) is 0 Å². The summed E-state index contributed by atoms with van der Waals surface area (Å²) in [5, 5.41) is 0.982. The van der Waals surface area contributed by atoms with E-state index in [1.165, 1.54) is 43.6 Å². The summed E-state index contributed by atoms with van der Waals surface area (Å²) >= 11 is 4.42. The first kappa shape index (κ1) is 8.37. The van der Waals surface area contributed by atoms with E-state index < -0.39 is 0 Å². The second-order valence-electron chi connectivity index (χ2n) is 3.51. The van der Waals surface area contributed by atoms with Crippen LogP contribution in [-0.2, 0) is 0 Å². The average Bonchev–Trinajstić information content (AvgIpc) is 2.58. The standard InChI is InChI=1S/C8H15BS2/c1-2-4-8(5-3-1)9-10-6-7-11-9/h8H,1-7H2. The molecule has 2 aliphatic rings. The van der Waals surface area contributed by atoms with Gasteiger partial charge < -0.3 is 0 Å². The van der Waals surface area contributed by atoms with E-state index in [0.29, 0.717) is 0 Å². The molecule has 3 heteroatoms. The third-order valence-electron chi connectivity index (χ3n) is 2.68. The molecular weight excluding hydrogens is 171 g/mol. The lowest BCUT2D eigenvalue weighted by Crippen LogP contribution is -2.13. The fraction of sp³-hybridized carbons (Fsp3) is 1.00. The smallest absolute Gasteiger partial charge is 0.194 e. The predicted octanol–water partition coefficient (Wildman–Crippen LogP) is 3.29. The Kier molecular flexibility index (Phi) is 3.14. The van der Waals surface area contributed by atoms with Crippen molar-refractivity contribution >= 4 is 28.5 Å². The van der Waals surface area contributed by atoms with Crippen LogP contribution < -0.4 is 0 Å². The lowest BCUT2D eigenvalue weighted by Gasteiger charge is -2.23. The van der Waals surface area contributed by atoms with Crippen LogP contribution in [0.4, 0.5) is 0 Å². The first-order chi connectivity index (χ1) is 5.47. The van der Waals surface area contributed by atoms with Gasteiger partial charge in [0, 0.05) is 0 Å². The van der Waals surface area contributed by atoms with Gasteiger partial charge in [0.15, 0.2) is 0 Å². The number of hydrogen-bond donors (Lipinski definition) is 0. The summed E-state index contributed by atoms with van der Waals surface area (Å²) in [5.41, 5.74) is 0. The first-order valence-electron chi connectivity index (χ1n) is 4.70. The summed E-state index contributed by atoms with van der Waals surface area (Å²) in [4.78, 5) is 0. The van der Waals surface area contributed by atoms with Gasteiger partial charge in [0.25, 0.3) is 5.27 Å². The summed E-state index contributed by atoms with van der Waals surface area (Å²) in [5.74, 6) is 3.89. The van der Waals surface area contributed by atoms with E-state index in [1.807, 2.05) is 0 Å². The molecule has 1 aliphatic heterocycles. The molecule has 0 radical (unpaired) electrons. The van der Waals surface area contributed by atoms with Gasteiger partial charge in [-0.15, -0.1) is 0 Å². The Hall–Kier alpha value is 0.765. The molecule has 0 amide bonds. The Bertz CT molecular complexity index is 117. The molecule has 62 valence electrons. The summed E-state index contributed by atoms with van der Waals surface area (Å²) in [6.45, 7) is 0. The SMILES string of the molecule is C1CCC(B2SCCS2)CC1. The molecule has 1 saturated carbocycles. The van der Waals surface area contributed by atoms with Crippen molar-refractivity contribution in [3.05, 3.63) is 0 Å². The summed E-state index contributed by atoms with van der Waals surface area (Å²) in [7, 11) is 0. The number of rotatable bonds is 1. The lowest BCUT2D eigenvalue weighted by molar-refractivity contribution is 0.502. The van der Waals surface area contributed by atoms with Crippen molar-refractivity contribution in [1.29, 1.82) is 0 Å².